The summed E-state index contributed by atoms with van der Waals surface area (Å²) < 4.78 is 16.0. The van der Waals surface area contributed by atoms with E-state index in [4.69, 9.17) is 19.2 Å². The van der Waals surface area contributed by atoms with Gasteiger partial charge in [0.05, 0.1) is 25.3 Å². The number of rotatable bonds is 7. The molecule has 0 atom stereocenters. The smallest absolute Gasteiger partial charge is 0.339 e. The highest BCUT2D eigenvalue weighted by atomic mass is 16.5. The maximum absolute atomic E-state index is 13.3. The number of carbonyl (C=O) groups excluding carboxylic acids is 2. The molecule has 0 fully saturated rings. The Kier molecular flexibility index (Phi) is 6.60. The molecule has 0 N–H and O–H groups in total. The molecule has 0 amide bonds. The fourth-order valence-electron chi connectivity index (χ4n) is 4.18. The number of para-hydroxylation sites is 1. The first kappa shape index (κ1) is 22.7. The number of carbonyl (C=O) groups is 2. The van der Waals surface area contributed by atoms with Crippen LogP contribution in [0.5, 0.6) is 11.5 Å². The predicted molar refractivity (Wildman–Crippen MR) is 125 cm³/mol. The zero-order valence-corrected chi connectivity index (χ0v) is 19.4. The third-order valence-electron chi connectivity index (χ3n) is 6.05. The lowest BCUT2D eigenvalue weighted by molar-refractivity contribution is 0.0473. The summed E-state index contributed by atoms with van der Waals surface area (Å²) in [6.45, 7) is 5.42. The molecule has 0 unspecified atom stereocenters. The van der Waals surface area contributed by atoms with Crippen LogP contribution >= 0.6 is 0 Å². The first-order valence-corrected chi connectivity index (χ1v) is 11.0. The maximum atomic E-state index is 13.3. The minimum Gasteiger partial charge on any atom is -0.493 e. The van der Waals surface area contributed by atoms with Gasteiger partial charge in [-0.2, -0.15) is 0 Å². The number of hydrogen-bond donors (Lipinski definition) is 0. The summed E-state index contributed by atoms with van der Waals surface area (Å²) in [5.41, 5.74) is 3.45. The normalized spacial score (nSPS) is 13.6. The second kappa shape index (κ2) is 9.58. The van der Waals surface area contributed by atoms with Gasteiger partial charge in [0, 0.05) is 47.8 Å². The van der Waals surface area contributed by atoms with Crippen LogP contribution in [0.4, 0.5) is 0 Å². The van der Waals surface area contributed by atoms with E-state index in [2.05, 4.69) is 18.7 Å². The minimum atomic E-state index is -0.510. The van der Waals surface area contributed by atoms with Crippen molar-refractivity contribution in [2.75, 3.05) is 27.4 Å². The highest BCUT2D eigenvalue weighted by Gasteiger charge is 2.28. The fraction of sp³-hybridized carbons (Fsp3) is 0.346. The predicted octanol–water partition coefficient (Wildman–Crippen LogP) is 4.06. The number of aromatic nitrogens is 1. The fourth-order valence-corrected chi connectivity index (χ4v) is 4.18. The molecule has 0 saturated heterocycles. The third kappa shape index (κ3) is 4.54. The number of ketones is 1. The average Bonchev–Trinajstić information content (AvgIpc) is 2.84. The van der Waals surface area contributed by atoms with Crippen LogP contribution in [0.3, 0.4) is 0 Å². The number of Topliss-reactive ketones (excluding diaryl/α,β-unsaturated/α-hetero) is 1. The standard InChI is InChI=1S/C26H28N2O5/c1-16(2)28-12-11-21-19(14-28)25(18-7-5-6-8-20(18)27-21)26(30)33-15-22(29)17-9-10-23(31-3)24(13-17)32-4/h5-10,13,16H,11-12,14-15H2,1-4H3. The van der Waals surface area contributed by atoms with Gasteiger partial charge < -0.3 is 14.2 Å². The Morgan fingerprint density at radius 2 is 1.82 bits per heavy atom. The van der Waals surface area contributed by atoms with E-state index < -0.39 is 5.97 Å². The topological polar surface area (TPSA) is 78.0 Å². The number of esters is 1. The van der Waals surface area contributed by atoms with Crippen LogP contribution in [0.1, 0.15) is 45.8 Å². The SMILES string of the molecule is COc1ccc(C(=O)COC(=O)c2c3c(nc4ccccc24)CCN(C(C)C)C3)cc1OC. The number of hydrogen-bond acceptors (Lipinski definition) is 7. The molecule has 7 nitrogen and oxygen atoms in total. The van der Waals surface area contributed by atoms with Gasteiger partial charge >= 0.3 is 5.97 Å². The van der Waals surface area contributed by atoms with Crippen molar-refractivity contribution in [1.82, 2.24) is 9.88 Å². The highest BCUT2D eigenvalue weighted by molar-refractivity contribution is 6.06. The van der Waals surface area contributed by atoms with Crippen molar-refractivity contribution in [3.63, 3.8) is 0 Å². The van der Waals surface area contributed by atoms with Gasteiger partial charge in [0.15, 0.2) is 23.9 Å². The molecule has 4 rings (SSSR count). The van der Waals surface area contributed by atoms with Gasteiger partial charge in [-0.05, 0) is 38.1 Å². The second-order valence-corrected chi connectivity index (χ2v) is 8.31. The molecular weight excluding hydrogens is 420 g/mol. The molecule has 0 aliphatic carbocycles. The van der Waals surface area contributed by atoms with Crippen LogP contribution in [0, 0.1) is 0 Å². The Morgan fingerprint density at radius 1 is 1.06 bits per heavy atom. The first-order chi connectivity index (χ1) is 15.9. The van der Waals surface area contributed by atoms with E-state index in [0.29, 0.717) is 35.2 Å². The Balaban J connectivity index is 1.62. The molecule has 2 aromatic carbocycles. The van der Waals surface area contributed by atoms with Gasteiger partial charge in [-0.15, -0.1) is 0 Å². The molecule has 0 radical (unpaired) electrons. The lowest BCUT2D eigenvalue weighted by Gasteiger charge is -2.32. The van der Waals surface area contributed by atoms with Gasteiger partial charge in [0.25, 0.3) is 0 Å². The molecule has 1 aliphatic rings. The molecule has 0 bridgehead atoms. The van der Waals surface area contributed by atoms with Crippen LogP contribution in [-0.2, 0) is 17.7 Å². The Morgan fingerprint density at radius 3 is 2.55 bits per heavy atom. The molecule has 0 spiro atoms. The van der Waals surface area contributed by atoms with Gasteiger partial charge in [-0.1, -0.05) is 18.2 Å². The van der Waals surface area contributed by atoms with E-state index in [0.717, 1.165) is 35.1 Å². The zero-order chi connectivity index (χ0) is 23.5. The molecule has 2 heterocycles. The Bertz CT molecular complexity index is 1200. The van der Waals surface area contributed by atoms with Crippen molar-refractivity contribution < 1.29 is 23.8 Å². The van der Waals surface area contributed by atoms with Gasteiger partial charge in [-0.25, -0.2) is 4.79 Å². The number of fused-ring (bicyclic) bond motifs is 2. The Labute approximate surface area is 193 Å². The molecule has 1 aromatic heterocycles. The molecule has 3 aromatic rings. The van der Waals surface area contributed by atoms with Crippen LogP contribution < -0.4 is 9.47 Å². The number of benzene rings is 2. The summed E-state index contributed by atoms with van der Waals surface area (Å²) in [6, 6.07) is 12.8. The summed E-state index contributed by atoms with van der Waals surface area (Å²) in [5.74, 6) is 0.137. The average molecular weight is 449 g/mol. The number of nitrogens with zero attached hydrogens (tertiary/aromatic N) is 2. The molecular formula is C26H28N2O5. The molecule has 33 heavy (non-hydrogen) atoms. The van der Waals surface area contributed by atoms with E-state index in [9.17, 15) is 9.59 Å². The van der Waals surface area contributed by atoms with Crippen LogP contribution in [0.25, 0.3) is 10.9 Å². The van der Waals surface area contributed by atoms with E-state index >= 15 is 0 Å². The van der Waals surface area contributed by atoms with Crippen molar-refractivity contribution in [3.8, 4) is 11.5 Å². The van der Waals surface area contributed by atoms with Gasteiger partial charge in [-0.3, -0.25) is 14.7 Å². The van der Waals surface area contributed by atoms with Crippen molar-refractivity contribution in [3.05, 3.63) is 64.8 Å². The summed E-state index contributed by atoms with van der Waals surface area (Å²) in [6.07, 6.45) is 0.767. The first-order valence-electron chi connectivity index (χ1n) is 11.0. The molecule has 0 saturated carbocycles. The zero-order valence-electron chi connectivity index (χ0n) is 19.4. The number of methoxy groups -OCH3 is 2. The van der Waals surface area contributed by atoms with E-state index in [1.807, 2.05) is 24.3 Å². The van der Waals surface area contributed by atoms with E-state index in [-0.39, 0.29) is 12.4 Å². The van der Waals surface area contributed by atoms with Gasteiger partial charge in [0.2, 0.25) is 0 Å². The lowest BCUT2D eigenvalue weighted by atomic mass is 9.95. The molecule has 172 valence electrons. The number of pyridine rings is 1. The summed E-state index contributed by atoms with van der Waals surface area (Å²) in [5, 5.41) is 0.741. The largest absolute Gasteiger partial charge is 0.493 e. The van der Waals surface area contributed by atoms with Crippen molar-refractivity contribution in [1.29, 1.82) is 0 Å². The molecule has 7 heteroatoms. The Hall–Kier alpha value is -3.45. The van der Waals surface area contributed by atoms with Crippen molar-refractivity contribution >= 4 is 22.7 Å². The minimum absolute atomic E-state index is 0.319. The highest BCUT2D eigenvalue weighted by Crippen LogP contribution is 2.30. The van der Waals surface area contributed by atoms with Gasteiger partial charge in [0.1, 0.15) is 0 Å². The van der Waals surface area contributed by atoms with Crippen LogP contribution in [0.2, 0.25) is 0 Å². The second-order valence-electron chi connectivity index (χ2n) is 8.31. The third-order valence-corrected chi connectivity index (χ3v) is 6.05. The van der Waals surface area contributed by atoms with E-state index in [1.165, 1.54) is 14.2 Å². The summed E-state index contributed by atoms with van der Waals surface area (Å²) in [7, 11) is 3.03. The monoisotopic (exact) mass is 448 g/mol. The summed E-state index contributed by atoms with van der Waals surface area (Å²) >= 11 is 0. The van der Waals surface area contributed by atoms with Crippen molar-refractivity contribution in [2.45, 2.75) is 32.9 Å². The van der Waals surface area contributed by atoms with Crippen LogP contribution in [0.15, 0.2) is 42.5 Å². The summed E-state index contributed by atoms with van der Waals surface area (Å²) in [4.78, 5) is 33.2. The van der Waals surface area contributed by atoms with E-state index in [1.54, 1.807) is 18.2 Å². The lowest BCUT2D eigenvalue weighted by Crippen LogP contribution is -2.37. The maximum Gasteiger partial charge on any atom is 0.339 e. The number of ether oxygens (including phenoxy) is 3. The van der Waals surface area contributed by atoms with Crippen molar-refractivity contribution in [2.24, 2.45) is 0 Å². The van der Waals surface area contributed by atoms with Crippen LogP contribution in [-0.4, -0.2) is 55.0 Å². The molecule has 1 aliphatic heterocycles. The quantitative estimate of drug-likeness (QED) is 0.398.